The molecule has 3 N–H and O–H groups in total. The number of aryl methyl sites for hydroxylation is 1. The van der Waals surface area contributed by atoms with Crippen molar-refractivity contribution in [1.82, 2.24) is 9.55 Å². The van der Waals surface area contributed by atoms with Crippen molar-refractivity contribution in [1.29, 1.82) is 0 Å². The van der Waals surface area contributed by atoms with E-state index in [1.807, 2.05) is 4.98 Å². The Balaban J connectivity index is 2.62. The zero-order valence-corrected chi connectivity index (χ0v) is 12.3. The summed E-state index contributed by atoms with van der Waals surface area (Å²) in [6.45, 7) is -0.101. The summed E-state index contributed by atoms with van der Waals surface area (Å²) in [5.41, 5.74) is -1.20. The summed E-state index contributed by atoms with van der Waals surface area (Å²) in [7, 11) is 0. The molecule has 1 aromatic heterocycles. The third kappa shape index (κ3) is 2.68. The Hall–Kier alpha value is -1.66. The Bertz CT molecular complexity index is 736. The van der Waals surface area contributed by atoms with Crippen LogP contribution >= 0.6 is 11.6 Å². The number of aliphatic hydroxyl groups is 2. The van der Waals surface area contributed by atoms with E-state index in [9.17, 15) is 24.2 Å². The van der Waals surface area contributed by atoms with Gasteiger partial charge in [-0.2, -0.15) is 0 Å². The fourth-order valence-electron chi connectivity index (χ4n) is 2.36. The molecular formula is C13H14ClFN2O5. The average molecular weight is 333 g/mol. The van der Waals surface area contributed by atoms with E-state index in [0.717, 1.165) is 10.6 Å². The zero-order valence-electron chi connectivity index (χ0n) is 11.5. The number of nitrogens with one attached hydrogen (secondary N) is 1. The molecule has 0 bridgehead atoms. The number of hydrogen-bond donors (Lipinski definition) is 3. The van der Waals surface area contributed by atoms with Crippen molar-refractivity contribution in [2.45, 2.75) is 30.2 Å². The molecular weight excluding hydrogens is 319 g/mol. The van der Waals surface area contributed by atoms with Crippen LogP contribution in [0.15, 0.2) is 15.7 Å². The van der Waals surface area contributed by atoms with Gasteiger partial charge in [0.1, 0.15) is 18.9 Å². The highest BCUT2D eigenvalue weighted by Crippen LogP contribution is 2.42. The van der Waals surface area contributed by atoms with E-state index in [1.165, 1.54) is 6.92 Å². The van der Waals surface area contributed by atoms with Crippen molar-refractivity contribution in [3.63, 3.8) is 0 Å². The number of hydrogen-bond acceptors (Lipinski definition) is 5. The van der Waals surface area contributed by atoms with Crippen LogP contribution in [0.3, 0.4) is 0 Å². The third-order valence-electron chi connectivity index (χ3n) is 3.38. The first-order valence-electron chi connectivity index (χ1n) is 6.37. The molecule has 1 fully saturated rings. The molecule has 1 aromatic rings. The lowest BCUT2D eigenvalue weighted by Crippen LogP contribution is -2.45. The number of alkyl halides is 2. The van der Waals surface area contributed by atoms with Gasteiger partial charge in [-0.25, -0.2) is 9.18 Å². The maximum atomic E-state index is 12.3. The quantitative estimate of drug-likeness (QED) is 0.478. The van der Waals surface area contributed by atoms with Crippen LogP contribution in [0.2, 0.25) is 0 Å². The zero-order chi connectivity index (χ0) is 16.5. The molecule has 7 nitrogen and oxygen atoms in total. The number of H-pyrrole nitrogens is 1. The number of aromatic nitrogens is 2. The molecule has 0 aromatic carbocycles. The molecule has 2 rings (SSSR count). The molecule has 1 aliphatic rings. The van der Waals surface area contributed by atoms with Crippen molar-refractivity contribution in [3.05, 3.63) is 32.6 Å². The second-order valence-electron chi connectivity index (χ2n) is 4.81. The van der Waals surface area contributed by atoms with E-state index in [2.05, 4.69) is 11.8 Å². The van der Waals surface area contributed by atoms with Crippen LogP contribution in [0, 0.1) is 18.8 Å². The standard InChI is InChI=1S/C13H14ClFN2O5/c1-7-5-9(19)16-12(21)17(7)11-13(14,3-2-4-15)10(20)8(6-18)22-11/h5,8,10-11,18,20H,4,6H2,1H3,(H,16,19,21)/t8?,10-,11?,13?/m0/s1. The Labute approximate surface area is 129 Å². The SMILES string of the molecule is Cc1cc(=O)[nH]c(=O)n1C1OC(CO)[C@H](O)C1(Cl)C#CCF. The normalized spacial score (nSPS) is 30.9. The first-order valence-corrected chi connectivity index (χ1v) is 6.74. The molecule has 9 heteroatoms. The molecule has 0 aliphatic carbocycles. The van der Waals surface area contributed by atoms with E-state index in [4.69, 9.17) is 16.3 Å². The summed E-state index contributed by atoms with van der Waals surface area (Å²) in [6, 6.07) is 1.14. The van der Waals surface area contributed by atoms with Gasteiger partial charge in [-0.15, -0.1) is 0 Å². The van der Waals surface area contributed by atoms with E-state index in [-0.39, 0.29) is 5.69 Å². The van der Waals surface area contributed by atoms with Crippen molar-refractivity contribution in [3.8, 4) is 11.8 Å². The van der Waals surface area contributed by atoms with Gasteiger partial charge in [0.05, 0.1) is 6.61 Å². The Morgan fingerprint density at radius 2 is 2.27 bits per heavy atom. The maximum absolute atomic E-state index is 12.3. The summed E-state index contributed by atoms with van der Waals surface area (Å²) in [5, 5.41) is 19.4. The number of halogens is 2. The van der Waals surface area contributed by atoms with Crippen LogP contribution in [0.1, 0.15) is 11.9 Å². The lowest BCUT2D eigenvalue weighted by atomic mass is 9.99. The summed E-state index contributed by atoms with van der Waals surface area (Å²) in [4.78, 5) is 23.5. The molecule has 3 unspecified atom stereocenters. The van der Waals surface area contributed by atoms with Crippen LogP contribution in [-0.4, -0.2) is 50.1 Å². The first kappa shape index (κ1) is 16.7. The molecule has 22 heavy (non-hydrogen) atoms. The molecule has 4 atom stereocenters. The van der Waals surface area contributed by atoms with Gasteiger partial charge in [0.2, 0.25) is 0 Å². The van der Waals surface area contributed by atoms with Gasteiger partial charge < -0.3 is 14.9 Å². The minimum absolute atomic E-state index is 0.219. The number of aliphatic hydroxyl groups excluding tert-OH is 2. The van der Waals surface area contributed by atoms with Gasteiger partial charge in [0, 0.05) is 11.8 Å². The molecule has 1 aliphatic heterocycles. The number of aromatic amines is 1. The number of nitrogens with zero attached hydrogens (tertiary/aromatic N) is 1. The van der Waals surface area contributed by atoms with E-state index in [0.29, 0.717) is 0 Å². The summed E-state index contributed by atoms with van der Waals surface area (Å²) in [6.07, 6.45) is -3.86. The van der Waals surface area contributed by atoms with Gasteiger partial charge in [0.15, 0.2) is 11.1 Å². The molecule has 1 saturated heterocycles. The Morgan fingerprint density at radius 3 is 2.82 bits per heavy atom. The van der Waals surface area contributed by atoms with E-state index >= 15 is 0 Å². The lowest BCUT2D eigenvalue weighted by molar-refractivity contribution is -0.0471. The highest BCUT2D eigenvalue weighted by Gasteiger charge is 2.56. The van der Waals surface area contributed by atoms with Crippen molar-refractivity contribution < 1.29 is 19.3 Å². The van der Waals surface area contributed by atoms with Gasteiger partial charge in [-0.1, -0.05) is 23.4 Å². The third-order valence-corrected chi connectivity index (χ3v) is 3.88. The van der Waals surface area contributed by atoms with E-state index in [1.54, 1.807) is 0 Å². The predicted molar refractivity (Wildman–Crippen MR) is 75.4 cm³/mol. The largest absolute Gasteiger partial charge is 0.394 e. The maximum Gasteiger partial charge on any atom is 0.330 e. The fraction of sp³-hybridized carbons (Fsp3) is 0.538. The lowest BCUT2D eigenvalue weighted by Gasteiger charge is -2.26. The smallest absolute Gasteiger partial charge is 0.330 e. The average Bonchev–Trinajstić information content (AvgIpc) is 2.69. The molecule has 0 saturated carbocycles. The topological polar surface area (TPSA) is 105 Å². The highest BCUT2D eigenvalue weighted by atomic mass is 35.5. The Kier molecular flexibility index (Phi) is 4.72. The minimum atomic E-state index is -1.84. The highest BCUT2D eigenvalue weighted by molar-refractivity contribution is 6.27. The van der Waals surface area contributed by atoms with Gasteiger partial charge >= 0.3 is 5.69 Å². The number of rotatable bonds is 2. The van der Waals surface area contributed by atoms with Crippen LogP contribution in [0.5, 0.6) is 0 Å². The second-order valence-corrected chi connectivity index (χ2v) is 5.43. The summed E-state index contributed by atoms with van der Waals surface area (Å²) < 4.78 is 18.8. The fourth-order valence-corrected chi connectivity index (χ4v) is 2.72. The van der Waals surface area contributed by atoms with Crippen molar-refractivity contribution >= 4 is 11.6 Å². The van der Waals surface area contributed by atoms with Gasteiger partial charge in [-0.3, -0.25) is 14.3 Å². The van der Waals surface area contributed by atoms with E-state index < -0.39 is 47.8 Å². The summed E-state index contributed by atoms with van der Waals surface area (Å²) >= 11 is 6.28. The van der Waals surface area contributed by atoms with Crippen LogP contribution < -0.4 is 11.2 Å². The van der Waals surface area contributed by atoms with Crippen LogP contribution in [-0.2, 0) is 4.74 Å². The van der Waals surface area contributed by atoms with Gasteiger partial charge in [0.25, 0.3) is 5.56 Å². The van der Waals surface area contributed by atoms with Crippen molar-refractivity contribution in [2.75, 3.05) is 13.3 Å². The Morgan fingerprint density at radius 1 is 1.59 bits per heavy atom. The monoisotopic (exact) mass is 332 g/mol. The molecule has 0 spiro atoms. The molecule has 2 heterocycles. The minimum Gasteiger partial charge on any atom is -0.394 e. The predicted octanol–water partition coefficient (Wildman–Crippen LogP) is -0.954. The molecule has 120 valence electrons. The molecule has 0 amide bonds. The molecule has 0 radical (unpaired) electrons. The summed E-state index contributed by atoms with van der Waals surface area (Å²) in [5.74, 6) is 4.44. The van der Waals surface area contributed by atoms with Crippen molar-refractivity contribution in [2.24, 2.45) is 0 Å². The van der Waals surface area contributed by atoms with Gasteiger partial charge in [-0.05, 0) is 6.92 Å². The van der Waals surface area contributed by atoms with Crippen LogP contribution in [0.4, 0.5) is 4.39 Å². The second kappa shape index (κ2) is 6.22. The van der Waals surface area contributed by atoms with Crippen LogP contribution in [0.25, 0.3) is 0 Å². The number of ether oxygens (including phenoxy) is 1. The first-order chi connectivity index (χ1) is 10.3.